The monoisotopic (exact) mass is 430 g/mol. The van der Waals surface area contributed by atoms with Crippen LogP contribution in [0.1, 0.15) is 64.7 Å². The molecule has 0 atom stereocenters. The van der Waals surface area contributed by atoms with Crippen LogP contribution in [0.5, 0.6) is 11.5 Å². The number of hydrogen-bond acceptors (Lipinski definition) is 3. The van der Waals surface area contributed by atoms with Crippen LogP contribution < -0.4 is 4.74 Å². The second-order valence-electron chi connectivity index (χ2n) is 10.4. The molecule has 0 aliphatic heterocycles. The van der Waals surface area contributed by atoms with Gasteiger partial charge in [0.2, 0.25) is 0 Å². The minimum atomic E-state index is -0.264. The summed E-state index contributed by atoms with van der Waals surface area (Å²) in [6.45, 7) is 12.5. The van der Waals surface area contributed by atoms with Crippen LogP contribution in [0.2, 0.25) is 0 Å². The molecule has 0 saturated carbocycles. The highest BCUT2D eigenvalue weighted by Crippen LogP contribution is 2.40. The first-order chi connectivity index (χ1) is 14.9. The molecule has 3 aromatic rings. The van der Waals surface area contributed by atoms with Crippen LogP contribution in [0.15, 0.2) is 66.7 Å². The summed E-state index contributed by atoms with van der Waals surface area (Å²) < 4.78 is 5.56. The van der Waals surface area contributed by atoms with Crippen LogP contribution in [-0.2, 0) is 22.0 Å². The largest absolute Gasteiger partial charge is 0.507 e. The Bertz CT molecular complexity index is 1030. The standard InChI is InChI=1S/C29H34O3/c1-28(2,3)24-18-20(19-25(27(24)31)29(4,5)6)12-17-26(30)32-23-15-13-22(14-16-23)21-10-8-7-9-11-21/h7-11,13-16,18-19,31H,12,17H2,1-6H3. The van der Waals surface area contributed by atoms with Crippen molar-refractivity contribution in [2.45, 2.75) is 65.2 Å². The first-order valence-electron chi connectivity index (χ1n) is 11.2. The lowest BCUT2D eigenvalue weighted by atomic mass is 9.78. The maximum atomic E-state index is 12.5. The minimum absolute atomic E-state index is 0.193. The third-order valence-corrected chi connectivity index (χ3v) is 5.60. The van der Waals surface area contributed by atoms with Gasteiger partial charge in [-0.2, -0.15) is 0 Å². The minimum Gasteiger partial charge on any atom is -0.507 e. The van der Waals surface area contributed by atoms with E-state index in [1.807, 2.05) is 54.6 Å². The van der Waals surface area contributed by atoms with E-state index in [4.69, 9.17) is 4.74 Å². The van der Waals surface area contributed by atoms with Crippen LogP contribution in [0.4, 0.5) is 0 Å². The highest BCUT2D eigenvalue weighted by Gasteiger charge is 2.26. The van der Waals surface area contributed by atoms with Crippen molar-refractivity contribution in [1.82, 2.24) is 0 Å². The van der Waals surface area contributed by atoms with E-state index in [1.54, 1.807) is 0 Å². The van der Waals surface area contributed by atoms with E-state index in [0.29, 0.717) is 17.9 Å². The predicted octanol–water partition coefficient (Wildman–Crippen LogP) is 7.19. The Hall–Kier alpha value is -3.07. The molecule has 0 amide bonds. The summed E-state index contributed by atoms with van der Waals surface area (Å²) in [5.74, 6) is 0.640. The van der Waals surface area contributed by atoms with Gasteiger partial charge in [-0.25, -0.2) is 0 Å². The third-order valence-electron chi connectivity index (χ3n) is 5.60. The molecule has 0 aliphatic rings. The van der Waals surface area contributed by atoms with Crippen molar-refractivity contribution in [2.75, 3.05) is 0 Å². The Labute approximate surface area is 192 Å². The zero-order chi connectivity index (χ0) is 23.5. The van der Waals surface area contributed by atoms with Crippen LogP contribution >= 0.6 is 0 Å². The van der Waals surface area contributed by atoms with Crippen LogP contribution in [-0.4, -0.2) is 11.1 Å². The maximum absolute atomic E-state index is 12.5. The number of aryl methyl sites for hydroxylation is 1. The summed E-state index contributed by atoms with van der Waals surface area (Å²) in [6, 6.07) is 21.7. The van der Waals surface area contributed by atoms with Crippen molar-refractivity contribution in [2.24, 2.45) is 0 Å². The fourth-order valence-electron chi connectivity index (χ4n) is 3.76. The van der Waals surface area contributed by atoms with Crippen molar-refractivity contribution in [1.29, 1.82) is 0 Å². The second kappa shape index (κ2) is 9.20. The average molecular weight is 431 g/mol. The molecule has 0 heterocycles. The van der Waals surface area contributed by atoms with Gasteiger partial charge in [-0.15, -0.1) is 0 Å². The smallest absolute Gasteiger partial charge is 0.311 e. The third kappa shape index (κ3) is 5.79. The molecule has 1 N–H and O–H groups in total. The Morgan fingerprint density at radius 3 is 1.78 bits per heavy atom. The lowest BCUT2D eigenvalue weighted by molar-refractivity contribution is -0.134. The molecule has 32 heavy (non-hydrogen) atoms. The fourth-order valence-corrected chi connectivity index (χ4v) is 3.76. The molecule has 0 bridgehead atoms. The molecule has 3 heteroatoms. The van der Waals surface area contributed by atoms with Crippen LogP contribution in [0, 0.1) is 0 Å². The van der Waals surface area contributed by atoms with Crippen molar-refractivity contribution in [3.8, 4) is 22.6 Å². The van der Waals surface area contributed by atoms with Gasteiger partial charge in [0.15, 0.2) is 0 Å². The average Bonchev–Trinajstić information content (AvgIpc) is 2.72. The van der Waals surface area contributed by atoms with Gasteiger partial charge in [0, 0.05) is 6.42 Å². The van der Waals surface area contributed by atoms with E-state index in [1.165, 1.54) is 0 Å². The number of benzene rings is 3. The van der Waals surface area contributed by atoms with Crippen molar-refractivity contribution in [3.05, 3.63) is 83.4 Å². The number of esters is 1. The first-order valence-corrected chi connectivity index (χ1v) is 11.2. The highest BCUT2D eigenvalue weighted by molar-refractivity contribution is 5.73. The van der Waals surface area contributed by atoms with E-state index in [2.05, 4.69) is 53.7 Å². The van der Waals surface area contributed by atoms with Gasteiger partial charge < -0.3 is 9.84 Å². The van der Waals surface area contributed by atoms with Crippen molar-refractivity contribution in [3.63, 3.8) is 0 Å². The Kier molecular flexibility index (Phi) is 6.78. The zero-order valence-corrected chi connectivity index (χ0v) is 20.0. The molecule has 3 rings (SSSR count). The molecule has 0 unspecified atom stereocenters. The molecular weight excluding hydrogens is 396 g/mol. The van der Waals surface area contributed by atoms with Crippen molar-refractivity contribution >= 4 is 5.97 Å². The normalized spacial score (nSPS) is 11.9. The molecular formula is C29H34O3. The molecule has 0 aromatic heterocycles. The predicted molar refractivity (Wildman–Crippen MR) is 131 cm³/mol. The second-order valence-corrected chi connectivity index (χ2v) is 10.4. The topological polar surface area (TPSA) is 46.5 Å². The van der Waals surface area contributed by atoms with Gasteiger partial charge in [-0.05, 0) is 57.2 Å². The van der Waals surface area contributed by atoms with E-state index in [0.717, 1.165) is 27.8 Å². The lowest BCUT2D eigenvalue weighted by Gasteiger charge is -2.28. The SMILES string of the molecule is CC(C)(C)c1cc(CCC(=O)Oc2ccc(-c3ccccc3)cc2)cc(C(C)(C)C)c1O. The van der Waals surface area contributed by atoms with Gasteiger partial charge in [0.25, 0.3) is 0 Å². The summed E-state index contributed by atoms with van der Waals surface area (Å²) in [4.78, 5) is 12.5. The van der Waals surface area contributed by atoms with Crippen LogP contribution in [0.25, 0.3) is 11.1 Å². The molecule has 3 aromatic carbocycles. The first kappa shape index (κ1) is 23.6. The molecule has 0 spiro atoms. The molecule has 168 valence electrons. The zero-order valence-electron chi connectivity index (χ0n) is 20.0. The Morgan fingerprint density at radius 2 is 1.28 bits per heavy atom. The quantitative estimate of drug-likeness (QED) is 0.344. The summed E-state index contributed by atoms with van der Waals surface area (Å²) in [5.41, 5.74) is 4.67. The highest BCUT2D eigenvalue weighted by atomic mass is 16.5. The van der Waals surface area contributed by atoms with Gasteiger partial charge in [-0.3, -0.25) is 4.79 Å². The Morgan fingerprint density at radius 1 is 0.781 bits per heavy atom. The number of rotatable bonds is 5. The van der Waals surface area contributed by atoms with E-state index < -0.39 is 0 Å². The number of carbonyl (C=O) groups is 1. The summed E-state index contributed by atoms with van der Waals surface area (Å²) in [7, 11) is 0. The number of phenolic OH excluding ortho intramolecular Hbond substituents is 1. The van der Waals surface area contributed by atoms with Gasteiger partial charge in [-0.1, -0.05) is 96.1 Å². The summed E-state index contributed by atoms with van der Waals surface area (Å²) in [5, 5.41) is 10.9. The van der Waals surface area contributed by atoms with Gasteiger partial charge in [0.05, 0.1) is 0 Å². The summed E-state index contributed by atoms with van der Waals surface area (Å²) in [6.07, 6.45) is 0.839. The van der Waals surface area contributed by atoms with Crippen molar-refractivity contribution < 1.29 is 14.6 Å². The number of aromatic hydroxyl groups is 1. The van der Waals surface area contributed by atoms with E-state index in [-0.39, 0.29) is 23.2 Å². The fraction of sp³-hybridized carbons (Fsp3) is 0.345. The number of phenols is 1. The van der Waals surface area contributed by atoms with Gasteiger partial charge in [0.1, 0.15) is 11.5 Å². The molecule has 0 radical (unpaired) electrons. The molecule has 0 fully saturated rings. The van der Waals surface area contributed by atoms with E-state index >= 15 is 0 Å². The number of hydrogen-bond donors (Lipinski definition) is 1. The molecule has 0 aliphatic carbocycles. The van der Waals surface area contributed by atoms with Gasteiger partial charge >= 0.3 is 5.97 Å². The van der Waals surface area contributed by atoms with E-state index in [9.17, 15) is 9.90 Å². The number of ether oxygens (including phenoxy) is 1. The Balaban J connectivity index is 1.70. The molecule has 0 saturated heterocycles. The molecule has 3 nitrogen and oxygen atoms in total. The van der Waals surface area contributed by atoms with Crippen LogP contribution in [0.3, 0.4) is 0 Å². The number of carbonyl (C=O) groups excluding carboxylic acids is 1. The summed E-state index contributed by atoms with van der Waals surface area (Å²) >= 11 is 0. The maximum Gasteiger partial charge on any atom is 0.311 e. The lowest BCUT2D eigenvalue weighted by Crippen LogP contribution is -2.18.